The fourth-order valence-electron chi connectivity index (χ4n) is 1.25. The van der Waals surface area contributed by atoms with E-state index >= 15 is 0 Å². The van der Waals surface area contributed by atoms with Crippen molar-refractivity contribution in [1.29, 1.82) is 0 Å². The Morgan fingerprint density at radius 1 is 1.47 bits per heavy atom. The van der Waals surface area contributed by atoms with Crippen LogP contribution in [0.5, 0.6) is 0 Å². The molecule has 0 fully saturated rings. The number of primary sulfonamides is 1. The highest BCUT2D eigenvalue weighted by atomic mass is 32.2. The first-order chi connectivity index (χ1) is 6.83. The van der Waals surface area contributed by atoms with Gasteiger partial charge in [-0.05, 0) is 5.92 Å². The van der Waals surface area contributed by atoms with Crippen LogP contribution in [-0.2, 0) is 22.3 Å². The molecule has 0 amide bonds. The first-order valence-corrected chi connectivity index (χ1v) is 7.05. The summed E-state index contributed by atoms with van der Waals surface area (Å²) in [5, 5.41) is 5.47. The van der Waals surface area contributed by atoms with Gasteiger partial charge in [0.15, 0.2) is 0 Å². The van der Waals surface area contributed by atoms with Gasteiger partial charge >= 0.3 is 0 Å². The maximum atomic E-state index is 10.9. The lowest BCUT2D eigenvalue weighted by atomic mass is 10.1. The average molecular weight is 249 g/mol. The van der Waals surface area contributed by atoms with Gasteiger partial charge in [0, 0.05) is 11.4 Å². The Balaban J connectivity index is 3.03. The summed E-state index contributed by atoms with van der Waals surface area (Å²) in [5.74, 6) is 0.0335. The van der Waals surface area contributed by atoms with Gasteiger partial charge in [0.1, 0.15) is 10.8 Å². The standard InChI is InChI=1S/C8H15N3O2S2/c1-5(2)8-6(3-9)14-7(11-8)4-15(10,12)13/h5H,3-4,9H2,1-2H3,(H2,10,12,13). The maximum Gasteiger partial charge on any atom is 0.215 e. The normalized spacial score (nSPS) is 12.3. The zero-order valence-electron chi connectivity index (χ0n) is 8.73. The van der Waals surface area contributed by atoms with Crippen LogP contribution in [0.1, 0.15) is 35.3 Å². The molecule has 15 heavy (non-hydrogen) atoms. The molecule has 0 saturated heterocycles. The number of nitrogens with zero attached hydrogens (tertiary/aromatic N) is 1. The van der Waals surface area contributed by atoms with E-state index < -0.39 is 10.0 Å². The highest BCUT2D eigenvalue weighted by Crippen LogP contribution is 2.25. The molecule has 1 heterocycles. The monoisotopic (exact) mass is 249 g/mol. The van der Waals surface area contributed by atoms with Crippen molar-refractivity contribution in [3.63, 3.8) is 0 Å². The molecule has 1 rings (SSSR count). The minimum absolute atomic E-state index is 0.211. The van der Waals surface area contributed by atoms with Gasteiger partial charge in [0.25, 0.3) is 0 Å². The van der Waals surface area contributed by atoms with Crippen molar-refractivity contribution in [2.45, 2.75) is 32.1 Å². The fourth-order valence-corrected chi connectivity index (χ4v) is 3.28. The fraction of sp³-hybridized carbons (Fsp3) is 0.625. The first-order valence-electron chi connectivity index (χ1n) is 4.52. The first kappa shape index (κ1) is 12.6. The van der Waals surface area contributed by atoms with E-state index in [-0.39, 0.29) is 11.7 Å². The number of aromatic nitrogens is 1. The molecular weight excluding hydrogens is 234 g/mol. The van der Waals surface area contributed by atoms with Crippen LogP contribution in [0.25, 0.3) is 0 Å². The molecule has 1 aromatic heterocycles. The zero-order chi connectivity index (χ0) is 11.6. The van der Waals surface area contributed by atoms with Crippen LogP contribution in [0.15, 0.2) is 0 Å². The molecule has 0 aromatic carbocycles. The molecule has 0 spiro atoms. The number of nitrogens with two attached hydrogens (primary N) is 2. The highest BCUT2D eigenvalue weighted by molar-refractivity contribution is 7.88. The van der Waals surface area contributed by atoms with Crippen LogP contribution in [0.2, 0.25) is 0 Å². The molecule has 86 valence electrons. The Bertz CT molecular complexity index is 437. The van der Waals surface area contributed by atoms with E-state index in [2.05, 4.69) is 4.98 Å². The molecular formula is C8H15N3O2S2. The number of rotatable bonds is 4. The van der Waals surface area contributed by atoms with Crippen LogP contribution in [-0.4, -0.2) is 13.4 Å². The summed E-state index contributed by atoms with van der Waals surface area (Å²) in [6.07, 6.45) is 0. The lowest BCUT2D eigenvalue weighted by molar-refractivity contribution is 0.596. The van der Waals surface area contributed by atoms with Crippen LogP contribution < -0.4 is 10.9 Å². The summed E-state index contributed by atoms with van der Waals surface area (Å²) in [5.41, 5.74) is 6.43. The van der Waals surface area contributed by atoms with Gasteiger partial charge in [-0.1, -0.05) is 13.8 Å². The van der Waals surface area contributed by atoms with E-state index in [1.165, 1.54) is 11.3 Å². The Morgan fingerprint density at radius 3 is 2.40 bits per heavy atom. The van der Waals surface area contributed by atoms with Crippen LogP contribution in [0.3, 0.4) is 0 Å². The second kappa shape index (κ2) is 4.56. The SMILES string of the molecule is CC(C)c1nc(CS(N)(=O)=O)sc1CN. The van der Waals surface area contributed by atoms with E-state index in [0.29, 0.717) is 11.6 Å². The van der Waals surface area contributed by atoms with Gasteiger partial charge in [-0.2, -0.15) is 0 Å². The molecule has 0 aliphatic rings. The average Bonchev–Trinajstić information content (AvgIpc) is 2.44. The van der Waals surface area contributed by atoms with Crippen LogP contribution in [0, 0.1) is 0 Å². The molecule has 0 unspecified atom stereocenters. The molecule has 0 aliphatic carbocycles. The third-order valence-electron chi connectivity index (χ3n) is 1.83. The van der Waals surface area contributed by atoms with Gasteiger partial charge in [0.05, 0.1) is 5.69 Å². The third kappa shape index (κ3) is 3.53. The molecule has 5 nitrogen and oxygen atoms in total. The summed E-state index contributed by atoms with van der Waals surface area (Å²) in [6.45, 7) is 4.37. The minimum atomic E-state index is -3.51. The van der Waals surface area contributed by atoms with Crippen LogP contribution >= 0.6 is 11.3 Å². The molecule has 0 aliphatic heterocycles. The van der Waals surface area contributed by atoms with Crippen molar-refractivity contribution >= 4 is 21.4 Å². The van der Waals surface area contributed by atoms with Crippen molar-refractivity contribution in [2.24, 2.45) is 10.9 Å². The highest BCUT2D eigenvalue weighted by Gasteiger charge is 2.15. The van der Waals surface area contributed by atoms with E-state index in [0.717, 1.165) is 10.6 Å². The second-order valence-corrected chi connectivity index (χ2v) is 6.36. The topological polar surface area (TPSA) is 99.1 Å². The number of hydrogen-bond acceptors (Lipinski definition) is 5. The van der Waals surface area contributed by atoms with E-state index in [4.69, 9.17) is 10.9 Å². The number of sulfonamides is 1. The Kier molecular flexibility index (Phi) is 3.82. The van der Waals surface area contributed by atoms with Crippen molar-refractivity contribution in [2.75, 3.05) is 0 Å². The van der Waals surface area contributed by atoms with Crippen molar-refractivity contribution in [3.05, 3.63) is 15.6 Å². The predicted octanol–water partition coefficient (Wildman–Crippen LogP) is 0.514. The lowest BCUT2D eigenvalue weighted by Gasteiger charge is -2.01. The Morgan fingerprint density at radius 2 is 2.07 bits per heavy atom. The number of hydrogen-bond donors (Lipinski definition) is 2. The van der Waals surface area contributed by atoms with Gasteiger partial charge in [-0.15, -0.1) is 11.3 Å². The summed E-state index contributed by atoms with van der Waals surface area (Å²) in [6, 6.07) is 0. The van der Waals surface area contributed by atoms with Gasteiger partial charge in [-0.25, -0.2) is 18.5 Å². The smallest absolute Gasteiger partial charge is 0.215 e. The summed E-state index contributed by atoms with van der Waals surface area (Å²) in [4.78, 5) is 5.18. The molecule has 0 atom stereocenters. The molecule has 4 N–H and O–H groups in total. The largest absolute Gasteiger partial charge is 0.326 e. The zero-order valence-corrected chi connectivity index (χ0v) is 10.4. The second-order valence-electron chi connectivity index (χ2n) is 3.58. The Hall–Kier alpha value is -0.500. The summed E-state index contributed by atoms with van der Waals surface area (Å²) in [7, 11) is -3.51. The van der Waals surface area contributed by atoms with E-state index in [1.807, 2.05) is 13.8 Å². The minimum Gasteiger partial charge on any atom is -0.326 e. The quantitative estimate of drug-likeness (QED) is 0.812. The van der Waals surface area contributed by atoms with Gasteiger partial charge in [-0.3, -0.25) is 0 Å². The maximum absolute atomic E-state index is 10.9. The van der Waals surface area contributed by atoms with E-state index in [1.54, 1.807) is 0 Å². The number of thiazole rings is 1. The van der Waals surface area contributed by atoms with Gasteiger partial charge in [0.2, 0.25) is 10.0 Å². The summed E-state index contributed by atoms with van der Waals surface area (Å²) >= 11 is 1.32. The lowest BCUT2D eigenvalue weighted by Crippen LogP contribution is -2.14. The van der Waals surface area contributed by atoms with Crippen LogP contribution in [0.4, 0.5) is 0 Å². The molecule has 7 heteroatoms. The van der Waals surface area contributed by atoms with E-state index in [9.17, 15) is 8.42 Å². The molecule has 0 radical (unpaired) electrons. The van der Waals surface area contributed by atoms with Gasteiger partial charge < -0.3 is 5.73 Å². The predicted molar refractivity (Wildman–Crippen MR) is 60.9 cm³/mol. The molecule has 0 saturated carbocycles. The van der Waals surface area contributed by atoms with Crippen molar-refractivity contribution < 1.29 is 8.42 Å². The van der Waals surface area contributed by atoms with Crippen molar-refractivity contribution in [1.82, 2.24) is 4.98 Å². The van der Waals surface area contributed by atoms with Crippen molar-refractivity contribution in [3.8, 4) is 0 Å². The third-order valence-corrected chi connectivity index (χ3v) is 3.78. The summed E-state index contributed by atoms with van der Waals surface area (Å²) < 4.78 is 21.8. The Labute approximate surface area is 93.6 Å². The molecule has 1 aromatic rings. The molecule has 0 bridgehead atoms.